The van der Waals surface area contributed by atoms with Crippen molar-refractivity contribution in [3.63, 3.8) is 0 Å². The molecule has 1 aromatic heterocycles. The Morgan fingerprint density at radius 2 is 1.79 bits per heavy atom. The Balaban J connectivity index is 1.54. The average molecular weight is 406 g/mol. The smallest absolute Gasteiger partial charge is 0.251 e. The summed E-state index contributed by atoms with van der Waals surface area (Å²) in [7, 11) is 3.83. The van der Waals surface area contributed by atoms with Crippen LogP contribution in [-0.4, -0.2) is 42.1 Å². The highest BCUT2D eigenvalue weighted by molar-refractivity contribution is 6.31. The zero-order valence-corrected chi connectivity index (χ0v) is 17.1. The Kier molecular flexibility index (Phi) is 6.34. The van der Waals surface area contributed by atoms with Crippen LogP contribution >= 0.6 is 11.6 Å². The van der Waals surface area contributed by atoms with E-state index in [4.69, 9.17) is 11.6 Å². The largest absolute Gasteiger partial charge is 0.367 e. The number of halogens is 2. The van der Waals surface area contributed by atoms with Crippen LogP contribution in [0, 0.1) is 12.7 Å². The Labute approximate surface area is 169 Å². The van der Waals surface area contributed by atoms with Gasteiger partial charge in [-0.1, -0.05) is 11.6 Å². The zero-order chi connectivity index (χ0) is 20.3. The van der Waals surface area contributed by atoms with Crippen molar-refractivity contribution < 1.29 is 9.18 Å². The zero-order valence-electron chi connectivity index (χ0n) is 16.3. The summed E-state index contributed by atoms with van der Waals surface area (Å²) in [6, 6.07) is 6.17. The van der Waals surface area contributed by atoms with E-state index in [9.17, 15) is 9.18 Å². The van der Waals surface area contributed by atoms with Crippen LogP contribution in [0.3, 0.4) is 0 Å². The van der Waals surface area contributed by atoms with Crippen LogP contribution in [0.5, 0.6) is 0 Å². The van der Waals surface area contributed by atoms with Crippen LogP contribution in [-0.2, 0) is 0 Å². The van der Waals surface area contributed by atoms with E-state index in [2.05, 4.69) is 20.6 Å². The van der Waals surface area contributed by atoms with Crippen LogP contribution in [0.15, 0.2) is 24.3 Å². The number of aromatic nitrogens is 2. The summed E-state index contributed by atoms with van der Waals surface area (Å²) in [5, 5.41) is 6.68. The first-order valence-electron chi connectivity index (χ1n) is 9.36. The van der Waals surface area contributed by atoms with Crippen LogP contribution in [0.2, 0.25) is 5.02 Å². The number of hydrogen-bond acceptors (Lipinski definition) is 5. The minimum Gasteiger partial charge on any atom is -0.367 e. The maximum atomic E-state index is 13.4. The van der Waals surface area contributed by atoms with Crippen molar-refractivity contribution >= 4 is 29.3 Å². The number of nitrogens with zero attached hydrogens (tertiary/aromatic N) is 3. The summed E-state index contributed by atoms with van der Waals surface area (Å²) < 4.78 is 13.4. The highest BCUT2D eigenvalue weighted by Gasteiger charge is 2.23. The van der Waals surface area contributed by atoms with Gasteiger partial charge in [0.1, 0.15) is 11.6 Å². The molecule has 0 aliphatic heterocycles. The Hall–Kier alpha value is -2.41. The van der Waals surface area contributed by atoms with Crippen molar-refractivity contribution in [1.82, 2.24) is 15.3 Å². The van der Waals surface area contributed by atoms with Crippen molar-refractivity contribution in [3.8, 4) is 0 Å². The standard InChI is InChI=1S/C20H25ClFN5O/c1-12-8-18(26-20(23-12)27(2)3)24-16-4-6-17(7-5-16)25-19(28)13-9-14(21)11-15(22)10-13/h8-11,16-17H,4-7H2,1-3H3,(H,25,28)(H,23,24,26). The molecule has 1 aliphatic carbocycles. The fraction of sp³-hybridized carbons (Fsp3) is 0.450. The molecule has 1 aliphatic rings. The van der Waals surface area contributed by atoms with Gasteiger partial charge in [0.25, 0.3) is 5.91 Å². The average Bonchev–Trinajstić information content (AvgIpc) is 2.62. The second-order valence-electron chi connectivity index (χ2n) is 7.41. The summed E-state index contributed by atoms with van der Waals surface area (Å²) in [5.74, 6) is 0.693. The van der Waals surface area contributed by atoms with Gasteiger partial charge in [-0.25, -0.2) is 9.37 Å². The molecule has 0 radical (unpaired) electrons. The second-order valence-corrected chi connectivity index (χ2v) is 7.85. The maximum Gasteiger partial charge on any atom is 0.251 e. The van der Waals surface area contributed by atoms with Crippen molar-refractivity contribution in [2.24, 2.45) is 0 Å². The van der Waals surface area contributed by atoms with Gasteiger partial charge >= 0.3 is 0 Å². The summed E-state index contributed by atoms with van der Waals surface area (Å²) in [6.45, 7) is 1.95. The highest BCUT2D eigenvalue weighted by Crippen LogP contribution is 2.23. The molecule has 150 valence electrons. The quantitative estimate of drug-likeness (QED) is 0.791. The van der Waals surface area contributed by atoms with E-state index in [1.807, 2.05) is 32.0 Å². The molecule has 1 saturated carbocycles. The lowest BCUT2D eigenvalue weighted by atomic mass is 9.91. The molecule has 3 rings (SSSR count). The number of nitrogens with one attached hydrogen (secondary N) is 2. The predicted molar refractivity (Wildman–Crippen MR) is 110 cm³/mol. The van der Waals surface area contributed by atoms with Crippen molar-refractivity contribution in [1.29, 1.82) is 0 Å². The lowest BCUT2D eigenvalue weighted by Gasteiger charge is -2.30. The fourth-order valence-electron chi connectivity index (χ4n) is 3.37. The summed E-state index contributed by atoms with van der Waals surface area (Å²) in [5.41, 5.74) is 1.16. The van der Waals surface area contributed by atoms with Gasteiger partial charge < -0.3 is 15.5 Å². The first kappa shape index (κ1) is 20.3. The van der Waals surface area contributed by atoms with Crippen LogP contribution in [0.1, 0.15) is 41.7 Å². The molecule has 2 aromatic rings. The maximum absolute atomic E-state index is 13.4. The molecule has 2 N–H and O–H groups in total. The molecule has 0 spiro atoms. The number of aryl methyl sites for hydroxylation is 1. The van der Waals surface area contributed by atoms with E-state index >= 15 is 0 Å². The molecule has 8 heteroatoms. The van der Waals surface area contributed by atoms with E-state index in [1.165, 1.54) is 18.2 Å². The first-order valence-corrected chi connectivity index (χ1v) is 9.74. The fourth-order valence-corrected chi connectivity index (χ4v) is 3.59. The molecule has 1 fully saturated rings. The number of rotatable bonds is 5. The number of hydrogen-bond donors (Lipinski definition) is 2. The first-order chi connectivity index (χ1) is 13.3. The third-order valence-corrected chi connectivity index (χ3v) is 5.00. The third-order valence-electron chi connectivity index (χ3n) is 4.78. The normalized spacial score (nSPS) is 19.2. The highest BCUT2D eigenvalue weighted by atomic mass is 35.5. The minimum atomic E-state index is -0.511. The van der Waals surface area contributed by atoms with Crippen molar-refractivity contribution in [2.75, 3.05) is 24.3 Å². The molecule has 0 bridgehead atoms. The molecule has 0 saturated heterocycles. The number of carbonyl (C=O) groups is 1. The van der Waals surface area contributed by atoms with Crippen LogP contribution < -0.4 is 15.5 Å². The number of anilines is 2. The Morgan fingerprint density at radius 3 is 2.43 bits per heavy atom. The molecular formula is C20H25ClFN5O. The third kappa shape index (κ3) is 5.32. The van der Waals surface area contributed by atoms with E-state index in [0.717, 1.165) is 37.2 Å². The molecular weight excluding hydrogens is 381 g/mol. The van der Waals surface area contributed by atoms with Gasteiger partial charge in [-0.05, 0) is 50.8 Å². The number of amides is 1. The van der Waals surface area contributed by atoms with Gasteiger partial charge in [0, 0.05) is 48.5 Å². The van der Waals surface area contributed by atoms with E-state index in [0.29, 0.717) is 12.0 Å². The van der Waals surface area contributed by atoms with Crippen LogP contribution in [0.25, 0.3) is 0 Å². The predicted octanol–water partition coefficient (Wildman–Crippen LogP) is 3.80. The summed E-state index contributed by atoms with van der Waals surface area (Å²) in [6.07, 6.45) is 3.51. The number of benzene rings is 1. The van der Waals surface area contributed by atoms with E-state index in [1.54, 1.807) is 0 Å². The summed E-state index contributed by atoms with van der Waals surface area (Å²) in [4.78, 5) is 23.2. The molecule has 1 aromatic carbocycles. The van der Waals surface area contributed by atoms with Gasteiger partial charge in [-0.2, -0.15) is 4.98 Å². The van der Waals surface area contributed by atoms with E-state index in [-0.39, 0.29) is 22.5 Å². The lowest BCUT2D eigenvalue weighted by Crippen LogP contribution is -2.40. The van der Waals surface area contributed by atoms with Gasteiger partial charge in [0.2, 0.25) is 5.95 Å². The topological polar surface area (TPSA) is 70.2 Å². The molecule has 1 amide bonds. The SMILES string of the molecule is Cc1cc(NC2CCC(NC(=O)c3cc(F)cc(Cl)c3)CC2)nc(N(C)C)n1. The molecule has 6 nitrogen and oxygen atoms in total. The Morgan fingerprint density at radius 1 is 1.11 bits per heavy atom. The lowest BCUT2D eigenvalue weighted by molar-refractivity contribution is 0.0926. The molecule has 1 heterocycles. The molecule has 0 atom stereocenters. The van der Waals surface area contributed by atoms with Crippen molar-refractivity contribution in [2.45, 2.75) is 44.7 Å². The van der Waals surface area contributed by atoms with Gasteiger partial charge in [0.05, 0.1) is 0 Å². The monoisotopic (exact) mass is 405 g/mol. The second kappa shape index (κ2) is 8.73. The van der Waals surface area contributed by atoms with Gasteiger partial charge in [0.15, 0.2) is 0 Å². The van der Waals surface area contributed by atoms with Gasteiger partial charge in [-0.3, -0.25) is 4.79 Å². The molecule has 0 unspecified atom stereocenters. The summed E-state index contributed by atoms with van der Waals surface area (Å²) >= 11 is 5.83. The molecule has 28 heavy (non-hydrogen) atoms. The van der Waals surface area contributed by atoms with Crippen LogP contribution in [0.4, 0.5) is 16.2 Å². The minimum absolute atomic E-state index is 0.0667. The van der Waals surface area contributed by atoms with Crippen molar-refractivity contribution in [3.05, 3.63) is 46.4 Å². The van der Waals surface area contributed by atoms with Gasteiger partial charge in [-0.15, -0.1) is 0 Å². The van der Waals surface area contributed by atoms with E-state index < -0.39 is 5.82 Å². The Bertz CT molecular complexity index is 832. The number of carbonyl (C=O) groups excluding carboxylic acids is 1.